The molecule has 0 N–H and O–H groups in total. The number of rotatable bonds is 4. The number of carbonyl (C=O) groups is 2. The maximum Gasteiger partial charge on any atom is 0.332 e. The van der Waals surface area contributed by atoms with Crippen molar-refractivity contribution in [1.29, 1.82) is 0 Å². The van der Waals surface area contributed by atoms with E-state index in [4.69, 9.17) is 14.2 Å². The Bertz CT molecular complexity index is 340. The summed E-state index contributed by atoms with van der Waals surface area (Å²) in [6.07, 6.45) is 3.63. The predicted octanol–water partition coefficient (Wildman–Crippen LogP) is 1.60. The molecule has 5 heteroatoms. The number of esters is 2. The van der Waals surface area contributed by atoms with Crippen molar-refractivity contribution in [2.24, 2.45) is 0 Å². The summed E-state index contributed by atoms with van der Waals surface area (Å²) in [5.74, 6) is -0.718. The summed E-state index contributed by atoms with van der Waals surface area (Å²) < 4.78 is 15.5. The minimum absolute atomic E-state index is 0.0981. The SMILES string of the molecule is CC(=O)O[C@@H]1C=C[C@H](OCC(=O)OC(C)(C)C)C1. The third-order valence-corrected chi connectivity index (χ3v) is 2.16. The standard InChI is InChI=1S/C13H20O5/c1-9(14)17-11-6-5-10(7-11)16-8-12(15)18-13(2,3)4/h5-6,10-11H,7-8H2,1-4H3/t10-,11+/m0/s1. The van der Waals surface area contributed by atoms with Gasteiger partial charge in [-0.15, -0.1) is 0 Å². The van der Waals surface area contributed by atoms with Gasteiger partial charge in [0.1, 0.15) is 18.3 Å². The predicted molar refractivity (Wildman–Crippen MR) is 64.9 cm³/mol. The Kier molecular flexibility index (Phi) is 4.90. The molecule has 0 aromatic heterocycles. The molecule has 0 spiro atoms. The van der Waals surface area contributed by atoms with E-state index in [1.165, 1.54) is 6.92 Å². The summed E-state index contributed by atoms with van der Waals surface area (Å²) in [5.41, 5.74) is -0.508. The zero-order valence-electron chi connectivity index (χ0n) is 11.3. The first kappa shape index (κ1) is 14.7. The third-order valence-electron chi connectivity index (χ3n) is 2.16. The van der Waals surface area contributed by atoms with Gasteiger partial charge in [-0.3, -0.25) is 4.79 Å². The van der Waals surface area contributed by atoms with E-state index < -0.39 is 11.6 Å². The maximum atomic E-state index is 11.4. The summed E-state index contributed by atoms with van der Waals surface area (Å²) in [6, 6.07) is 0. The molecule has 0 aliphatic heterocycles. The fraction of sp³-hybridized carbons (Fsp3) is 0.692. The van der Waals surface area contributed by atoms with Crippen molar-refractivity contribution in [2.75, 3.05) is 6.61 Å². The third kappa shape index (κ3) is 5.82. The van der Waals surface area contributed by atoms with E-state index >= 15 is 0 Å². The van der Waals surface area contributed by atoms with Gasteiger partial charge < -0.3 is 14.2 Å². The van der Waals surface area contributed by atoms with Crippen LogP contribution in [0.5, 0.6) is 0 Å². The Morgan fingerprint density at radius 3 is 2.39 bits per heavy atom. The molecule has 0 bridgehead atoms. The van der Waals surface area contributed by atoms with Gasteiger partial charge in [-0.05, 0) is 26.8 Å². The average molecular weight is 256 g/mol. The van der Waals surface area contributed by atoms with Crippen molar-refractivity contribution >= 4 is 11.9 Å². The lowest BCUT2D eigenvalue weighted by molar-refractivity contribution is -0.162. The van der Waals surface area contributed by atoms with Crippen LogP contribution in [0.1, 0.15) is 34.1 Å². The molecule has 0 aromatic carbocycles. The second kappa shape index (κ2) is 6.00. The molecule has 0 saturated heterocycles. The molecule has 2 atom stereocenters. The first-order valence-corrected chi connectivity index (χ1v) is 5.95. The molecule has 0 radical (unpaired) electrons. The highest BCUT2D eigenvalue weighted by Crippen LogP contribution is 2.17. The Hall–Kier alpha value is -1.36. The molecule has 0 unspecified atom stereocenters. The lowest BCUT2D eigenvalue weighted by Crippen LogP contribution is -2.28. The molecule has 1 aliphatic rings. The van der Waals surface area contributed by atoms with E-state index in [0.717, 1.165) is 0 Å². The highest BCUT2D eigenvalue weighted by molar-refractivity contribution is 5.71. The Morgan fingerprint density at radius 2 is 1.83 bits per heavy atom. The van der Waals surface area contributed by atoms with Gasteiger partial charge in [-0.1, -0.05) is 6.08 Å². The Morgan fingerprint density at radius 1 is 1.22 bits per heavy atom. The largest absolute Gasteiger partial charge is 0.458 e. The van der Waals surface area contributed by atoms with E-state index in [1.54, 1.807) is 32.9 Å². The van der Waals surface area contributed by atoms with Gasteiger partial charge >= 0.3 is 11.9 Å². The van der Waals surface area contributed by atoms with Crippen LogP contribution in [0, 0.1) is 0 Å². The molecular formula is C13H20O5. The molecule has 0 amide bonds. The highest BCUT2D eigenvalue weighted by Gasteiger charge is 2.23. The topological polar surface area (TPSA) is 61.8 Å². The van der Waals surface area contributed by atoms with Crippen LogP contribution in [0.2, 0.25) is 0 Å². The van der Waals surface area contributed by atoms with E-state index in [2.05, 4.69) is 0 Å². The smallest absolute Gasteiger partial charge is 0.332 e. The lowest BCUT2D eigenvalue weighted by Gasteiger charge is -2.20. The lowest BCUT2D eigenvalue weighted by atomic mass is 10.2. The molecule has 18 heavy (non-hydrogen) atoms. The van der Waals surface area contributed by atoms with Crippen molar-refractivity contribution in [1.82, 2.24) is 0 Å². The summed E-state index contributed by atoms with van der Waals surface area (Å²) in [4.78, 5) is 22.2. The fourth-order valence-electron chi connectivity index (χ4n) is 1.60. The van der Waals surface area contributed by atoms with E-state index in [0.29, 0.717) is 6.42 Å². The van der Waals surface area contributed by atoms with Gasteiger partial charge in [0, 0.05) is 13.3 Å². The second-order valence-corrected chi connectivity index (χ2v) is 5.20. The van der Waals surface area contributed by atoms with Crippen molar-refractivity contribution in [3.05, 3.63) is 12.2 Å². The molecule has 5 nitrogen and oxygen atoms in total. The monoisotopic (exact) mass is 256 g/mol. The molecule has 0 aromatic rings. The van der Waals surface area contributed by atoms with Crippen LogP contribution in [0.25, 0.3) is 0 Å². The normalized spacial score (nSPS) is 22.9. The van der Waals surface area contributed by atoms with Crippen molar-refractivity contribution in [3.63, 3.8) is 0 Å². The number of ether oxygens (including phenoxy) is 3. The van der Waals surface area contributed by atoms with E-state index in [1.807, 2.05) is 0 Å². The van der Waals surface area contributed by atoms with Crippen LogP contribution in [-0.2, 0) is 23.8 Å². The van der Waals surface area contributed by atoms with E-state index in [-0.39, 0.29) is 24.8 Å². The first-order valence-electron chi connectivity index (χ1n) is 5.95. The summed E-state index contributed by atoms with van der Waals surface area (Å²) in [6.45, 7) is 6.67. The van der Waals surface area contributed by atoms with E-state index in [9.17, 15) is 9.59 Å². The highest BCUT2D eigenvalue weighted by atomic mass is 16.6. The van der Waals surface area contributed by atoms with Crippen molar-refractivity contribution < 1.29 is 23.8 Å². The Labute approximate surface area is 107 Å². The summed E-state index contributed by atoms with van der Waals surface area (Å²) in [5, 5.41) is 0. The van der Waals surface area contributed by atoms with Crippen molar-refractivity contribution in [2.45, 2.75) is 51.9 Å². The van der Waals surface area contributed by atoms with Crippen molar-refractivity contribution in [3.8, 4) is 0 Å². The molecule has 0 heterocycles. The number of carbonyl (C=O) groups excluding carboxylic acids is 2. The zero-order chi connectivity index (χ0) is 13.8. The van der Waals surface area contributed by atoms with Gasteiger partial charge in [-0.2, -0.15) is 0 Å². The quantitative estimate of drug-likeness (QED) is 0.565. The first-order chi connectivity index (χ1) is 8.26. The Balaban J connectivity index is 2.24. The second-order valence-electron chi connectivity index (χ2n) is 5.20. The number of hydrogen-bond donors (Lipinski definition) is 0. The summed E-state index contributed by atoms with van der Waals surface area (Å²) >= 11 is 0. The van der Waals surface area contributed by atoms with Crippen LogP contribution in [-0.4, -0.2) is 36.4 Å². The van der Waals surface area contributed by atoms with Crippen LogP contribution in [0.3, 0.4) is 0 Å². The molecule has 0 fully saturated rings. The molecular weight excluding hydrogens is 236 g/mol. The minimum Gasteiger partial charge on any atom is -0.458 e. The fourth-order valence-corrected chi connectivity index (χ4v) is 1.60. The average Bonchev–Trinajstić information content (AvgIpc) is 2.59. The van der Waals surface area contributed by atoms with Gasteiger partial charge in [0.05, 0.1) is 6.10 Å². The van der Waals surface area contributed by atoms with Crippen LogP contribution in [0.15, 0.2) is 12.2 Å². The van der Waals surface area contributed by atoms with Gasteiger partial charge in [0.25, 0.3) is 0 Å². The van der Waals surface area contributed by atoms with Gasteiger partial charge in [-0.25, -0.2) is 4.79 Å². The molecule has 0 saturated carbocycles. The maximum absolute atomic E-state index is 11.4. The van der Waals surface area contributed by atoms with Gasteiger partial charge in [0.2, 0.25) is 0 Å². The molecule has 1 aliphatic carbocycles. The number of hydrogen-bond acceptors (Lipinski definition) is 5. The minimum atomic E-state index is -0.508. The van der Waals surface area contributed by atoms with Crippen LogP contribution < -0.4 is 0 Å². The molecule has 102 valence electrons. The zero-order valence-corrected chi connectivity index (χ0v) is 11.3. The van der Waals surface area contributed by atoms with Gasteiger partial charge in [0.15, 0.2) is 0 Å². The van der Waals surface area contributed by atoms with Crippen LogP contribution >= 0.6 is 0 Å². The molecule has 1 rings (SSSR count). The summed E-state index contributed by atoms with van der Waals surface area (Å²) in [7, 11) is 0. The van der Waals surface area contributed by atoms with Crippen LogP contribution in [0.4, 0.5) is 0 Å².